The van der Waals surface area contributed by atoms with E-state index in [1.807, 2.05) is 20.8 Å². The van der Waals surface area contributed by atoms with E-state index in [-0.39, 0.29) is 60.8 Å². The van der Waals surface area contributed by atoms with Gasteiger partial charge in [-0.25, -0.2) is 14.4 Å². The Bertz CT molecular complexity index is 1490. The summed E-state index contributed by atoms with van der Waals surface area (Å²) in [7, 11) is 1.67. The van der Waals surface area contributed by atoms with E-state index in [0.29, 0.717) is 18.6 Å². The van der Waals surface area contributed by atoms with Crippen LogP contribution in [0.5, 0.6) is 0 Å². The largest absolute Gasteiger partial charge is 0.352 e. The normalized spacial score (nSPS) is 18.0. The molecule has 3 N–H and O–H groups in total. The molecule has 242 valence electrons. The van der Waals surface area contributed by atoms with E-state index in [4.69, 9.17) is 0 Å². The first kappa shape index (κ1) is 33.5. The number of likely N-dealkylation sites (tertiary alicyclic amines) is 1. The van der Waals surface area contributed by atoms with Gasteiger partial charge < -0.3 is 25.8 Å². The van der Waals surface area contributed by atoms with E-state index in [9.17, 15) is 23.6 Å². The van der Waals surface area contributed by atoms with Crippen molar-refractivity contribution in [1.82, 2.24) is 40.1 Å². The van der Waals surface area contributed by atoms with Gasteiger partial charge in [0.25, 0.3) is 5.91 Å². The van der Waals surface area contributed by atoms with Crippen molar-refractivity contribution in [2.75, 3.05) is 26.7 Å². The fourth-order valence-corrected chi connectivity index (χ4v) is 5.50. The molecule has 2 aromatic heterocycles. The van der Waals surface area contributed by atoms with Crippen LogP contribution in [0.2, 0.25) is 0 Å². The van der Waals surface area contributed by atoms with Crippen molar-refractivity contribution in [3.63, 3.8) is 0 Å². The third kappa shape index (κ3) is 8.41. The lowest BCUT2D eigenvalue weighted by atomic mass is 9.85. The fourth-order valence-electron chi connectivity index (χ4n) is 5.50. The first-order valence-corrected chi connectivity index (χ1v) is 15.2. The third-order valence-corrected chi connectivity index (χ3v) is 8.09. The van der Waals surface area contributed by atoms with Crippen LogP contribution in [-0.2, 0) is 20.8 Å². The molecular formula is C32H43FN8O4. The van der Waals surface area contributed by atoms with Gasteiger partial charge in [0, 0.05) is 51.2 Å². The molecule has 4 rings (SSSR count). The number of nitrogens with one attached hydrogen (secondary N) is 3. The zero-order valence-corrected chi connectivity index (χ0v) is 26.7. The molecule has 1 aliphatic rings. The molecule has 0 aliphatic carbocycles. The molecule has 0 spiro atoms. The molecule has 1 saturated heterocycles. The predicted octanol–water partition coefficient (Wildman–Crippen LogP) is 1.80. The van der Waals surface area contributed by atoms with Gasteiger partial charge in [-0.3, -0.25) is 23.6 Å². The van der Waals surface area contributed by atoms with Gasteiger partial charge in [0.15, 0.2) is 0 Å². The summed E-state index contributed by atoms with van der Waals surface area (Å²) in [6.07, 6.45) is 5.81. The summed E-state index contributed by atoms with van der Waals surface area (Å²) in [5.41, 5.74) is 0.414. The van der Waals surface area contributed by atoms with Crippen LogP contribution in [-0.4, -0.2) is 98.6 Å². The number of fused-ring (bicyclic) bond motifs is 1. The second-order valence-electron chi connectivity index (χ2n) is 12.7. The summed E-state index contributed by atoms with van der Waals surface area (Å²) in [6.45, 7) is 9.43. The van der Waals surface area contributed by atoms with E-state index in [1.54, 1.807) is 65.0 Å². The minimum Gasteiger partial charge on any atom is -0.352 e. The fraction of sp³-hybridized carbons (Fsp3) is 0.500. The van der Waals surface area contributed by atoms with Crippen LogP contribution in [0.4, 0.5) is 4.39 Å². The molecule has 1 fully saturated rings. The number of nitrogens with zero attached hydrogens (tertiary/aromatic N) is 5. The van der Waals surface area contributed by atoms with Gasteiger partial charge in [-0.15, -0.1) is 0 Å². The number of halogens is 1. The van der Waals surface area contributed by atoms with Gasteiger partial charge in [-0.1, -0.05) is 32.9 Å². The van der Waals surface area contributed by atoms with Crippen molar-refractivity contribution in [3.05, 3.63) is 66.0 Å². The lowest BCUT2D eigenvalue weighted by Crippen LogP contribution is -2.59. The predicted molar refractivity (Wildman–Crippen MR) is 167 cm³/mol. The van der Waals surface area contributed by atoms with E-state index < -0.39 is 23.5 Å². The summed E-state index contributed by atoms with van der Waals surface area (Å²) >= 11 is 0. The van der Waals surface area contributed by atoms with Crippen molar-refractivity contribution in [1.29, 1.82) is 0 Å². The van der Waals surface area contributed by atoms with E-state index in [1.165, 1.54) is 19.1 Å². The smallest absolute Gasteiger partial charge is 0.274 e. The maximum atomic E-state index is 14.2. The van der Waals surface area contributed by atoms with Crippen molar-refractivity contribution in [2.24, 2.45) is 5.41 Å². The lowest BCUT2D eigenvalue weighted by Gasteiger charge is -2.37. The molecule has 3 aromatic rings. The molecule has 3 heterocycles. The maximum absolute atomic E-state index is 14.2. The summed E-state index contributed by atoms with van der Waals surface area (Å²) in [5.74, 6) is -1.14. The minimum atomic E-state index is -0.854. The molecule has 45 heavy (non-hydrogen) atoms. The van der Waals surface area contributed by atoms with Crippen LogP contribution in [0.3, 0.4) is 0 Å². The summed E-state index contributed by atoms with van der Waals surface area (Å²) in [4.78, 5) is 65.1. The molecule has 1 aromatic carbocycles. The van der Waals surface area contributed by atoms with Gasteiger partial charge in [-0.2, -0.15) is 0 Å². The van der Waals surface area contributed by atoms with Gasteiger partial charge in [0.05, 0.1) is 12.1 Å². The van der Waals surface area contributed by atoms with Crippen LogP contribution < -0.4 is 16.0 Å². The van der Waals surface area contributed by atoms with Gasteiger partial charge >= 0.3 is 0 Å². The SMILES string of the molecule is CN[C@@H](C)C(=O)N[C@H](C(=O)N1C[C@@H](NC(C)=O)C[C@H]1CN(CCc1ccc(F)cc1)C(=O)c1cn2cccnc2n1)C(C)(C)C. The van der Waals surface area contributed by atoms with Gasteiger partial charge in [0.2, 0.25) is 23.5 Å². The molecule has 0 bridgehead atoms. The Kier molecular flexibility index (Phi) is 10.5. The topological polar surface area (TPSA) is 141 Å². The molecule has 0 unspecified atom stereocenters. The Morgan fingerprint density at radius 2 is 1.87 bits per heavy atom. The monoisotopic (exact) mass is 622 g/mol. The number of aromatic nitrogens is 3. The molecule has 0 saturated carbocycles. The first-order chi connectivity index (χ1) is 21.3. The Labute approximate surface area is 262 Å². The highest BCUT2D eigenvalue weighted by Crippen LogP contribution is 2.27. The maximum Gasteiger partial charge on any atom is 0.274 e. The number of hydrogen-bond donors (Lipinski definition) is 3. The van der Waals surface area contributed by atoms with Crippen LogP contribution in [0.25, 0.3) is 5.78 Å². The Morgan fingerprint density at radius 3 is 2.49 bits per heavy atom. The molecule has 4 amide bonds. The van der Waals surface area contributed by atoms with Gasteiger partial charge in [0.1, 0.15) is 17.6 Å². The number of benzene rings is 1. The van der Waals surface area contributed by atoms with Crippen molar-refractivity contribution < 1.29 is 23.6 Å². The lowest BCUT2D eigenvalue weighted by molar-refractivity contribution is -0.140. The number of carbonyl (C=O) groups is 4. The Hall–Kier alpha value is -4.39. The van der Waals surface area contributed by atoms with E-state index in [2.05, 4.69) is 25.9 Å². The minimum absolute atomic E-state index is 0.154. The number of rotatable bonds is 11. The summed E-state index contributed by atoms with van der Waals surface area (Å²) in [6, 6.07) is 5.67. The zero-order valence-electron chi connectivity index (χ0n) is 26.7. The number of imidazole rings is 1. The average molecular weight is 623 g/mol. The average Bonchev–Trinajstić information content (AvgIpc) is 3.60. The van der Waals surface area contributed by atoms with Crippen LogP contribution >= 0.6 is 0 Å². The molecule has 1 aliphatic heterocycles. The molecule has 0 radical (unpaired) electrons. The van der Waals surface area contributed by atoms with E-state index >= 15 is 0 Å². The molecule has 12 nitrogen and oxygen atoms in total. The number of carbonyl (C=O) groups excluding carboxylic acids is 4. The summed E-state index contributed by atoms with van der Waals surface area (Å²) in [5, 5.41) is 8.74. The standard InChI is InChI=1S/C32H43FN8O4/c1-20(34-6)28(43)38-27(32(3,4)5)30(45)41-17-24(36-21(2)42)16-25(41)18-39(15-12-22-8-10-23(33)11-9-22)29(44)26-19-40-14-7-13-35-31(40)37-26/h7-11,13-14,19-20,24-25,27,34H,12,15-18H2,1-6H3,(H,36,42)(H,38,43)/t20-,24-,25-,27+/m0/s1. The van der Waals surface area contributed by atoms with Crippen molar-refractivity contribution >= 4 is 29.4 Å². The Morgan fingerprint density at radius 1 is 1.16 bits per heavy atom. The van der Waals surface area contributed by atoms with Gasteiger partial charge in [-0.05, 0) is 56.0 Å². The number of likely N-dealkylation sites (N-methyl/N-ethyl adjacent to an activating group) is 1. The van der Waals surface area contributed by atoms with Crippen molar-refractivity contribution in [3.8, 4) is 0 Å². The van der Waals surface area contributed by atoms with E-state index in [0.717, 1.165) is 5.56 Å². The molecular weight excluding hydrogens is 579 g/mol. The zero-order chi connectivity index (χ0) is 32.9. The molecule has 13 heteroatoms. The second-order valence-corrected chi connectivity index (χ2v) is 12.7. The highest BCUT2D eigenvalue weighted by molar-refractivity contribution is 5.93. The van der Waals surface area contributed by atoms with Crippen LogP contribution in [0, 0.1) is 11.2 Å². The number of amides is 4. The first-order valence-electron chi connectivity index (χ1n) is 15.2. The molecule has 4 atom stereocenters. The second kappa shape index (κ2) is 14.1. The highest BCUT2D eigenvalue weighted by Gasteiger charge is 2.43. The van der Waals surface area contributed by atoms with Crippen molar-refractivity contribution in [2.45, 2.75) is 71.6 Å². The Balaban J connectivity index is 1.65. The quantitative estimate of drug-likeness (QED) is 0.296. The highest BCUT2D eigenvalue weighted by atomic mass is 19.1. The number of hydrogen-bond acceptors (Lipinski definition) is 7. The van der Waals surface area contributed by atoms with Crippen LogP contribution in [0.1, 0.15) is 57.1 Å². The third-order valence-electron chi connectivity index (χ3n) is 8.09. The summed E-state index contributed by atoms with van der Waals surface area (Å²) < 4.78 is 15.2. The van der Waals surface area contributed by atoms with Crippen LogP contribution in [0.15, 0.2) is 48.9 Å².